The second-order valence-corrected chi connectivity index (χ2v) is 9.71. The lowest BCUT2D eigenvalue weighted by Crippen LogP contribution is -2.40. The van der Waals surface area contributed by atoms with Crippen LogP contribution in [0.2, 0.25) is 0 Å². The molecule has 160 valence electrons. The normalized spacial score (nSPS) is 17.0. The predicted octanol–water partition coefficient (Wildman–Crippen LogP) is 4.49. The van der Waals surface area contributed by atoms with Crippen LogP contribution in [0, 0.1) is 19.8 Å². The van der Waals surface area contributed by atoms with E-state index in [0.29, 0.717) is 18.8 Å². The largest absolute Gasteiger partial charge is 0.369 e. The van der Waals surface area contributed by atoms with Crippen molar-refractivity contribution in [1.29, 1.82) is 0 Å². The molecule has 7 heteroatoms. The number of amides is 2. The Kier molecular flexibility index (Phi) is 7.97. The molecular formula is C23H28BrN3O2S. The van der Waals surface area contributed by atoms with Gasteiger partial charge < -0.3 is 11.1 Å². The number of halogens is 1. The number of aryl methyl sites for hydroxylation is 2. The first-order chi connectivity index (χ1) is 14.3. The van der Waals surface area contributed by atoms with E-state index in [9.17, 15) is 9.59 Å². The van der Waals surface area contributed by atoms with Gasteiger partial charge in [-0.3, -0.25) is 14.5 Å². The van der Waals surface area contributed by atoms with E-state index in [-0.39, 0.29) is 17.7 Å². The molecule has 1 unspecified atom stereocenters. The van der Waals surface area contributed by atoms with Gasteiger partial charge in [-0.25, -0.2) is 0 Å². The summed E-state index contributed by atoms with van der Waals surface area (Å²) in [5, 5.41) is 3.06. The van der Waals surface area contributed by atoms with Crippen LogP contribution in [0.5, 0.6) is 0 Å². The lowest BCUT2D eigenvalue weighted by atomic mass is 9.97. The number of nitrogens with one attached hydrogen (secondary N) is 1. The van der Waals surface area contributed by atoms with E-state index < -0.39 is 0 Å². The first-order valence-electron chi connectivity index (χ1n) is 10.1. The van der Waals surface area contributed by atoms with Gasteiger partial charge in [0.25, 0.3) is 0 Å². The molecule has 0 spiro atoms. The average Bonchev–Trinajstić information content (AvgIpc) is 2.71. The molecule has 1 heterocycles. The molecule has 3 rings (SSSR count). The molecule has 0 saturated carbocycles. The van der Waals surface area contributed by atoms with Crippen LogP contribution in [0.3, 0.4) is 0 Å². The van der Waals surface area contributed by atoms with Crippen LogP contribution in [0.15, 0.2) is 45.8 Å². The number of likely N-dealkylation sites (tertiary alicyclic amines) is 1. The Bertz CT molecular complexity index is 935. The Morgan fingerprint density at radius 2 is 2.00 bits per heavy atom. The third-order valence-electron chi connectivity index (χ3n) is 5.41. The molecule has 1 aliphatic heterocycles. The van der Waals surface area contributed by atoms with E-state index >= 15 is 0 Å². The number of piperidine rings is 1. The summed E-state index contributed by atoms with van der Waals surface area (Å²) in [6.45, 7) is 6.41. The van der Waals surface area contributed by atoms with Gasteiger partial charge in [0.1, 0.15) is 0 Å². The highest BCUT2D eigenvalue weighted by Gasteiger charge is 2.24. The maximum Gasteiger partial charge on any atom is 0.234 e. The minimum atomic E-state index is -0.225. The number of nitrogens with two attached hydrogens (primary N) is 1. The summed E-state index contributed by atoms with van der Waals surface area (Å²) < 4.78 is 1.08. The van der Waals surface area contributed by atoms with E-state index in [4.69, 9.17) is 5.73 Å². The highest BCUT2D eigenvalue weighted by Crippen LogP contribution is 2.29. The smallest absolute Gasteiger partial charge is 0.234 e. The van der Waals surface area contributed by atoms with Gasteiger partial charge in [-0.2, -0.15) is 0 Å². The number of nitrogens with zero attached hydrogens (tertiary/aromatic N) is 1. The molecular weight excluding hydrogens is 462 g/mol. The number of carbonyl (C=O) groups is 2. The maximum atomic E-state index is 12.6. The van der Waals surface area contributed by atoms with Crippen molar-refractivity contribution in [2.24, 2.45) is 11.7 Å². The molecule has 2 aromatic carbocycles. The molecule has 0 radical (unpaired) electrons. The van der Waals surface area contributed by atoms with Crippen molar-refractivity contribution >= 4 is 45.2 Å². The summed E-state index contributed by atoms with van der Waals surface area (Å²) in [4.78, 5) is 27.5. The van der Waals surface area contributed by atoms with E-state index in [2.05, 4.69) is 45.2 Å². The van der Waals surface area contributed by atoms with Gasteiger partial charge in [0.2, 0.25) is 11.8 Å². The first kappa shape index (κ1) is 22.8. The van der Waals surface area contributed by atoms with Gasteiger partial charge in [0.15, 0.2) is 0 Å². The van der Waals surface area contributed by atoms with Gasteiger partial charge in [-0.05, 0) is 68.1 Å². The SMILES string of the molecule is Cc1cc(SCC(=O)Nc2ccccc2CN2CCCC(C(N)=O)C2)c(C)cc1Br. The molecule has 30 heavy (non-hydrogen) atoms. The van der Waals surface area contributed by atoms with Crippen molar-refractivity contribution in [3.8, 4) is 0 Å². The number of primary amides is 1. The van der Waals surface area contributed by atoms with Crippen LogP contribution in [0.4, 0.5) is 5.69 Å². The summed E-state index contributed by atoms with van der Waals surface area (Å²) in [6.07, 6.45) is 1.82. The van der Waals surface area contributed by atoms with Gasteiger partial charge in [0, 0.05) is 28.1 Å². The Labute approximate surface area is 190 Å². The fourth-order valence-corrected chi connectivity index (χ4v) is 5.06. The zero-order valence-corrected chi connectivity index (χ0v) is 19.8. The Morgan fingerprint density at radius 3 is 2.77 bits per heavy atom. The number of thioether (sulfide) groups is 1. The summed E-state index contributed by atoms with van der Waals surface area (Å²) >= 11 is 5.09. The minimum absolute atomic E-state index is 0.0268. The molecule has 0 aliphatic carbocycles. The van der Waals surface area contributed by atoms with Gasteiger partial charge in [-0.1, -0.05) is 34.1 Å². The van der Waals surface area contributed by atoms with Crippen LogP contribution < -0.4 is 11.1 Å². The van der Waals surface area contributed by atoms with E-state index in [1.807, 2.05) is 31.2 Å². The lowest BCUT2D eigenvalue weighted by Gasteiger charge is -2.31. The summed E-state index contributed by atoms with van der Waals surface area (Å²) in [5.41, 5.74) is 9.69. The fraction of sp³-hybridized carbons (Fsp3) is 0.391. The molecule has 0 aromatic heterocycles. The minimum Gasteiger partial charge on any atom is -0.369 e. The van der Waals surface area contributed by atoms with Gasteiger partial charge in [-0.15, -0.1) is 11.8 Å². The molecule has 1 saturated heterocycles. The second-order valence-electron chi connectivity index (χ2n) is 7.84. The zero-order valence-electron chi connectivity index (χ0n) is 17.4. The van der Waals surface area contributed by atoms with E-state index in [1.54, 1.807) is 11.8 Å². The topological polar surface area (TPSA) is 75.4 Å². The zero-order chi connectivity index (χ0) is 21.7. The van der Waals surface area contributed by atoms with Crippen molar-refractivity contribution in [1.82, 2.24) is 4.90 Å². The van der Waals surface area contributed by atoms with Gasteiger partial charge >= 0.3 is 0 Å². The molecule has 5 nitrogen and oxygen atoms in total. The molecule has 2 amide bonds. The standard InChI is InChI=1S/C23H28BrN3O2S/c1-15-11-21(16(2)10-19(15)24)30-14-22(28)26-20-8-4-3-6-17(20)12-27-9-5-7-18(13-27)23(25)29/h3-4,6,8,10-11,18H,5,7,9,12-14H2,1-2H3,(H2,25,29)(H,26,28). The third kappa shape index (κ3) is 6.09. The highest BCUT2D eigenvalue weighted by molar-refractivity contribution is 9.10. The van der Waals surface area contributed by atoms with Crippen molar-refractivity contribution in [2.75, 3.05) is 24.2 Å². The number of para-hydroxylation sites is 1. The predicted molar refractivity (Wildman–Crippen MR) is 127 cm³/mol. The monoisotopic (exact) mass is 489 g/mol. The molecule has 0 bridgehead atoms. The highest BCUT2D eigenvalue weighted by atomic mass is 79.9. The van der Waals surface area contributed by atoms with Gasteiger partial charge in [0.05, 0.1) is 11.7 Å². The van der Waals surface area contributed by atoms with Crippen molar-refractivity contribution < 1.29 is 9.59 Å². The summed E-state index contributed by atoms with van der Waals surface area (Å²) in [7, 11) is 0. The van der Waals surface area contributed by atoms with Crippen LogP contribution in [-0.4, -0.2) is 35.6 Å². The number of hydrogen-bond acceptors (Lipinski definition) is 4. The van der Waals surface area contributed by atoms with Crippen molar-refractivity contribution in [3.05, 3.63) is 57.6 Å². The summed E-state index contributed by atoms with van der Waals surface area (Å²) in [6, 6.07) is 12.1. The first-order valence-corrected chi connectivity index (χ1v) is 11.9. The number of hydrogen-bond donors (Lipinski definition) is 2. The Morgan fingerprint density at radius 1 is 1.23 bits per heavy atom. The fourth-order valence-electron chi connectivity index (χ4n) is 3.69. The number of rotatable bonds is 7. The van der Waals surface area contributed by atoms with E-state index in [0.717, 1.165) is 51.1 Å². The molecule has 1 atom stereocenters. The Balaban J connectivity index is 1.61. The lowest BCUT2D eigenvalue weighted by molar-refractivity contribution is -0.123. The average molecular weight is 490 g/mol. The third-order valence-corrected chi connectivity index (χ3v) is 7.42. The molecule has 3 N–H and O–H groups in total. The quantitative estimate of drug-likeness (QED) is 0.561. The number of anilines is 1. The summed E-state index contributed by atoms with van der Waals surface area (Å²) in [5.74, 6) is 0.0105. The van der Waals surface area contributed by atoms with Crippen molar-refractivity contribution in [2.45, 2.75) is 38.1 Å². The molecule has 1 fully saturated rings. The second kappa shape index (κ2) is 10.5. The van der Waals surface area contributed by atoms with Crippen molar-refractivity contribution in [3.63, 3.8) is 0 Å². The number of carbonyl (C=O) groups excluding carboxylic acids is 2. The van der Waals surface area contributed by atoms with E-state index in [1.165, 1.54) is 0 Å². The molecule has 2 aromatic rings. The maximum absolute atomic E-state index is 12.6. The number of benzene rings is 2. The van der Waals surface area contributed by atoms with Crippen LogP contribution in [0.25, 0.3) is 0 Å². The Hall–Kier alpha value is -1.83. The molecule has 1 aliphatic rings. The van der Waals surface area contributed by atoms with Crippen LogP contribution in [0.1, 0.15) is 29.5 Å². The van der Waals surface area contributed by atoms with Crippen LogP contribution in [-0.2, 0) is 16.1 Å². The van der Waals surface area contributed by atoms with Crippen LogP contribution >= 0.6 is 27.7 Å².